The number of hydrogen-bond acceptors (Lipinski definition) is 3. The van der Waals surface area contributed by atoms with Crippen molar-refractivity contribution >= 4 is 17.6 Å². The minimum Gasteiger partial charge on any atom is -0.466 e. The molecule has 112 valence electrons. The number of esters is 1. The summed E-state index contributed by atoms with van der Waals surface area (Å²) >= 11 is 5.34. The molecule has 0 bridgehead atoms. The topological polar surface area (TPSA) is 39.2 Å². The minimum absolute atomic E-state index is 0.0174. The van der Waals surface area contributed by atoms with E-state index in [1.807, 2.05) is 0 Å². The van der Waals surface area contributed by atoms with E-state index >= 15 is 0 Å². The van der Waals surface area contributed by atoms with E-state index in [2.05, 4.69) is 9.72 Å². The first-order valence-corrected chi connectivity index (χ1v) is 5.74. The van der Waals surface area contributed by atoms with Gasteiger partial charge in [0.2, 0.25) is 0 Å². The van der Waals surface area contributed by atoms with Gasteiger partial charge in [0, 0.05) is 6.20 Å². The molecule has 0 aromatic carbocycles. The van der Waals surface area contributed by atoms with Gasteiger partial charge in [-0.05, 0) is 12.5 Å². The zero-order valence-electron chi connectivity index (χ0n) is 10.1. The molecule has 20 heavy (non-hydrogen) atoms. The number of nitrogens with zero attached hydrogens (tertiary/aromatic N) is 1. The fourth-order valence-corrected chi connectivity index (χ4v) is 1.86. The molecular formula is C11H9ClF5NO2. The van der Waals surface area contributed by atoms with Gasteiger partial charge < -0.3 is 4.74 Å². The van der Waals surface area contributed by atoms with Crippen molar-refractivity contribution in [3.8, 4) is 0 Å². The Labute approximate surface area is 115 Å². The van der Waals surface area contributed by atoms with E-state index in [9.17, 15) is 26.7 Å². The van der Waals surface area contributed by atoms with E-state index in [-0.39, 0.29) is 6.61 Å². The van der Waals surface area contributed by atoms with Crippen molar-refractivity contribution in [1.82, 2.24) is 4.98 Å². The largest absolute Gasteiger partial charge is 0.466 e. The van der Waals surface area contributed by atoms with Crippen LogP contribution < -0.4 is 0 Å². The fourth-order valence-electron chi connectivity index (χ4n) is 1.50. The summed E-state index contributed by atoms with van der Waals surface area (Å²) in [5, 5.41) is -1.20. The summed E-state index contributed by atoms with van der Waals surface area (Å²) in [6.07, 6.45) is -8.42. The number of carbonyl (C=O) groups is 1. The van der Waals surface area contributed by atoms with Crippen molar-refractivity contribution in [2.75, 3.05) is 6.61 Å². The smallest absolute Gasteiger partial charge is 0.418 e. The maximum atomic E-state index is 12.9. The molecule has 3 nitrogen and oxygen atoms in total. The maximum Gasteiger partial charge on any atom is 0.418 e. The molecule has 1 aromatic rings. The summed E-state index contributed by atoms with van der Waals surface area (Å²) in [5.74, 6) is -0.930. The van der Waals surface area contributed by atoms with E-state index in [1.54, 1.807) is 0 Å². The van der Waals surface area contributed by atoms with Crippen molar-refractivity contribution < 1.29 is 31.5 Å². The predicted molar refractivity (Wildman–Crippen MR) is 59.5 cm³/mol. The molecule has 0 saturated heterocycles. The average molecular weight is 318 g/mol. The Balaban J connectivity index is 3.31. The van der Waals surface area contributed by atoms with Gasteiger partial charge in [0.25, 0.3) is 6.43 Å². The van der Waals surface area contributed by atoms with E-state index < -0.39 is 46.8 Å². The molecule has 1 aromatic heterocycles. The number of pyridine rings is 1. The summed E-state index contributed by atoms with van der Waals surface area (Å²) in [6, 6.07) is 0. The van der Waals surface area contributed by atoms with E-state index in [0.717, 1.165) is 0 Å². The SMILES string of the molecule is CCOC(=O)Cc1cnc(C(F)F)c(Cl)c1C(F)(F)F. The van der Waals surface area contributed by atoms with Gasteiger partial charge in [-0.15, -0.1) is 0 Å². The molecular weight excluding hydrogens is 309 g/mol. The zero-order chi connectivity index (χ0) is 15.5. The molecule has 1 heterocycles. The number of rotatable bonds is 4. The van der Waals surface area contributed by atoms with Gasteiger partial charge in [-0.1, -0.05) is 11.6 Å². The van der Waals surface area contributed by atoms with Gasteiger partial charge in [-0.2, -0.15) is 13.2 Å². The van der Waals surface area contributed by atoms with Crippen LogP contribution in [0.5, 0.6) is 0 Å². The third-order valence-corrected chi connectivity index (χ3v) is 2.64. The Bertz CT molecular complexity index is 504. The molecule has 0 atom stereocenters. The molecule has 0 spiro atoms. The first-order chi connectivity index (χ1) is 9.18. The summed E-state index contributed by atoms with van der Waals surface area (Å²) in [4.78, 5) is 14.4. The number of hydrogen-bond donors (Lipinski definition) is 0. The maximum absolute atomic E-state index is 12.9. The summed E-state index contributed by atoms with van der Waals surface area (Å²) in [6.45, 7) is 1.46. The number of halogens is 6. The fraction of sp³-hybridized carbons (Fsp3) is 0.455. The predicted octanol–water partition coefficient (Wildman–Crippen LogP) is 3.80. The normalized spacial score (nSPS) is 11.8. The lowest BCUT2D eigenvalue weighted by Gasteiger charge is -2.16. The van der Waals surface area contributed by atoms with Crippen molar-refractivity contribution in [2.24, 2.45) is 0 Å². The standard InChI is InChI=1S/C11H9ClF5NO2/c1-2-20-6(19)3-5-4-18-9(10(13)14)8(12)7(5)11(15,16)17/h4,10H,2-3H2,1H3. The number of ether oxygens (including phenoxy) is 1. The van der Waals surface area contributed by atoms with Crippen molar-refractivity contribution in [3.05, 3.63) is 28.0 Å². The molecule has 0 amide bonds. The quantitative estimate of drug-likeness (QED) is 0.626. The second-order valence-corrected chi connectivity index (χ2v) is 4.02. The lowest BCUT2D eigenvalue weighted by atomic mass is 10.1. The third-order valence-electron chi connectivity index (χ3n) is 2.26. The van der Waals surface area contributed by atoms with E-state index in [0.29, 0.717) is 6.20 Å². The van der Waals surface area contributed by atoms with Gasteiger partial charge in [0.1, 0.15) is 5.69 Å². The van der Waals surface area contributed by atoms with Crippen LogP contribution in [0, 0.1) is 0 Å². The summed E-state index contributed by atoms with van der Waals surface area (Å²) in [7, 11) is 0. The summed E-state index contributed by atoms with van der Waals surface area (Å²) in [5.41, 5.74) is -3.27. The highest BCUT2D eigenvalue weighted by molar-refractivity contribution is 6.32. The number of carbonyl (C=O) groups excluding carboxylic acids is 1. The van der Waals surface area contributed by atoms with Crippen LogP contribution >= 0.6 is 11.6 Å². The highest BCUT2D eigenvalue weighted by atomic mass is 35.5. The molecule has 0 aliphatic heterocycles. The van der Waals surface area contributed by atoms with Crippen LogP contribution in [-0.4, -0.2) is 17.6 Å². The van der Waals surface area contributed by atoms with Crippen LogP contribution in [0.1, 0.15) is 30.2 Å². The van der Waals surface area contributed by atoms with Gasteiger partial charge in [0.15, 0.2) is 0 Å². The van der Waals surface area contributed by atoms with Gasteiger partial charge in [-0.25, -0.2) is 8.78 Å². The van der Waals surface area contributed by atoms with Crippen LogP contribution in [0.4, 0.5) is 22.0 Å². The number of alkyl halides is 5. The van der Waals surface area contributed by atoms with Gasteiger partial charge in [-0.3, -0.25) is 9.78 Å². The Morgan fingerprint density at radius 1 is 1.45 bits per heavy atom. The highest BCUT2D eigenvalue weighted by Crippen LogP contribution is 2.40. The van der Waals surface area contributed by atoms with E-state index in [1.165, 1.54) is 6.92 Å². The van der Waals surface area contributed by atoms with Crippen molar-refractivity contribution in [2.45, 2.75) is 25.9 Å². The van der Waals surface area contributed by atoms with Crippen molar-refractivity contribution in [1.29, 1.82) is 0 Å². The van der Waals surface area contributed by atoms with Crippen LogP contribution in [0.2, 0.25) is 5.02 Å². The average Bonchev–Trinajstić information content (AvgIpc) is 2.26. The van der Waals surface area contributed by atoms with Crippen LogP contribution in [-0.2, 0) is 22.1 Å². The molecule has 0 saturated carbocycles. The molecule has 9 heteroatoms. The monoisotopic (exact) mass is 317 g/mol. The highest BCUT2D eigenvalue weighted by Gasteiger charge is 2.39. The Morgan fingerprint density at radius 3 is 2.50 bits per heavy atom. The Morgan fingerprint density at radius 2 is 2.05 bits per heavy atom. The Kier molecular flexibility index (Phi) is 5.27. The lowest BCUT2D eigenvalue weighted by molar-refractivity contribution is -0.143. The summed E-state index contributed by atoms with van der Waals surface area (Å²) < 4.78 is 68.2. The molecule has 0 aliphatic carbocycles. The molecule has 0 N–H and O–H groups in total. The third kappa shape index (κ3) is 3.78. The molecule has 1 rings (SSSR count). The molecule has 0 aliphatic rings. The number of aromatic nitrogens is 1. The minimum atomic E-state index is -4.98. The second-order valence-electron chi connectivity index (χ2n) is 3.64. The van der Waals surface area contributed by atoms with Crippen LogP contribution in [0.25, 0.3) is 0 Å². The van der Waals surface area contributed by atoms with Crippen LogP contribution in [0.3, 0.4) is 0 Å². The lowest BCUT2D eigenvalue weighted by Crippen LogP contribution is -2.17. The van der Waals surface area contributed by atoms with Gasteiger partial charge in [0.05, 0.1) is 23.6 Å². The van der Waals surface area contributed by atoms with Gasteiger partial charge >= 0.3 is 12.1 Å². The first-order valence-electron chi connectivity index (χ1n) is 5.36. The Hall–Kier alpha value is -1.44. The van der Waals surface area contributed by atoms with E-state index in [4.69, 9.17) is 11.6 Å². The van der Waals surface area contributed by atoms with Crippen molar-refractivity contribution in [3.63, 3.8) is 0 Å². The molecule has 0 unspecified atom stereocenters. The second kappa shape index (κ2) is 6.34. The van der Waals surface area contributed by atoms with Crippen LogP contribution in [0.15, 0.2) is 6.20 Å². The molecule has 0 radical (unpaired) electrons. The molecule has 0 fully saturated rings. The first kappa shape index (κ1) is 16.6. The zero-order valence-corrected chi connectivity index (χ0v) is 10.9.